The molecule has 0 unspecified atom stereocenters. The first-order valence-corrected chi connectivity index (χ1v) is 11.2. The lowest BCUT2D eigenvalue weighted by Gasteiger charge is -2.06. The predicted molar refractivity (Wildman–Crippen MR) is 131 cm³/mol. The van der Waals surface area contributed by atoms with Crippen molar-refractivity contribution in [2.75, 3.05) is 6.54 Å². The van der Waals surface area contributed by atoms with Crippen LogP contribution in [-0.2, 0) is 6.54 Å². The summed E-state index contributed by atoms with van der Waals surface area (Å²) in [5.41, 5.74) is 8.44. The zero-order valence-corrected chi connectivity index (χ0v) is 18.9. The van der Waals surface area contributed by atoms with Gasteiger partial charge in [0.2, 0.25) is 0 Å². The highest BCUT2D eigenvalue weighted by molar-refractivity contribution is 5.97. The lowest BCUT2D eigenvalue weighted by molar-refractivity contribution is 0.724. The summed E-state index contributed by atoms with van der Waals surface area (Å²) in [6.45, 7) is 5.76. The molecule has 0 saturated heterocycles. The first-order valence-electron chi connectivity index (χ1n) is 11.2. The van der Waals surface area contributed by atoms with Gasteiger partial charge in [-0.1, -0.05) is 6.92 Å². The highest BCUT2D eigenvalue weighted by atomic mass is 15.2. The number of aromatic amines is 2. The Morgan fingerprint density at radius 1 is 0.941 bits per heavy atom. The summed E-state index contributed by atoms with van der Waals surface area (Å²) < 4.78 is 1.98. The van der Waals surface area contributed by atoms with E-state index >= 15 is 0 Å². The van der Waals surface area contributed by atoms with E-state index in [2.05, 4.69) is 65.6 Å². The number of nitrogens with one attached hydrogen (secondary N) is 3. The van der Waals surface area contributed by atoms with E-state index < -0.39 is 0 Å². The third-order valence-electron chi connectivity index (χ3n) is 5.89. The molecule has 0 radical (unpaired) electrons. The number of aryl methyl sites for hydroxylation is 1. The van der Waals surface area contributed by atoms with Crippen LogP contribution in [0.1, 0.15) is 18.2 Å². The van der Waals surface area contributed by atoms with Gasteiger partial charge >= 0.3 is 0 Å². The van der Waals surface area contributed by atoms with Crippen LogP contribution in [0.2, 0.25) is 0 Å². The molecule has 0 atom stereocenters. The summed E-state index contributed by atoms with van der Waals surface area (Å²) in [6.07, 6.45) is 13.1. The highest BCUT2D eigenvalue weighted by Crippen LogP contribution is 2.32. The van der Waals surface area contributed by atoms with Crippen molar-refractivity contribution < 1.29 is 0 Å². The maximum absolute atomic E-state index is 4.62. The van der Waals surface area contributed by atoms with E-state index in [4.69, 9.17) is 0 Å². The van der Waals surface area contributed by atoms with Gasteiger partial charge in [0.25, 0.3) is 0 Å². The second-order valence-corrected chi connectivity index (χ2v) is 8.28. The molecule has 0 spiro atoms. The molecule has 6 aromatic heterocycles. The molecular formula is C25H23N9. The number of pyridine rings is 3. The molecule has 0 saturated carbocycles. The summed E-state index contributed by atoms with van der Waals surface area (Å²) in [7, 11) is 0. The van der Waals surface area contributed by atoms with Crippen LogP contribution in [0.5, 0.6) is 0 Å². The van der Waals surface area contributed by atoms with Crippen molar-refractivity contribution >= 4 is 21.9 Å². The minimum Gasteiger partial charge on any atom is -0.352 e. The van der Waals surface area contributed by atoms with E-state index in [9.17, 15) is 0 Å². The van der Waals surface area contributed by atoms with Crippen molar-refractivity contribution in [1.29, 1.82) is 0 Å². The quantitative estimate of drug-likeness (QED) is 0.352. The smallest absolute Gasteiger partial charge is 0.155 e. The Balaban J connectivity index is 1.44. The van der Waals surface area contributed by atoms with Crippen LogP contribution < -0.4 is 5.32 Å². The van der Waals surface area contributed by atoms with Crippen LogP contribution in [0.15, 0.2) is 61.7 Å². The zero-order chi connectivity index (χ0) is 23.1. The number of hydrogen-bond acceptors (Lipinski definition) is 6. The molecule has 3 N–H and O–H groups in total. The lowest BCUT2D eigenvalue weighted by Crippen LogP contribution is -2.11. The fourth-order valence-corrected chi connectivity index (χ4v) is 4.20. The van der Waals surface area contributed by atoms with Crippen molar-refractivity contribution in [2.24, 2.45) is 0 Å². The van der Waals surface area contributed by atoms with Crippen LogP contribution >= 0.6 is 0 Å². The van der Waals surface area contributed by atoms with Gasteiger partial charge in [0.15, 0.2) is 5.65 Å². The van der Waals surface area contributed by atoms with Crippen LogP contribution in [0, 0.1) is 6.92 Å². The molecule has 6 heterocycles. The molecule has 9 heteroatoms. The normalized spacial score (nSPS) is 11.6. The number of imidazole rings is 1. The molecule has 0 aliphatic rings. The average Bonchev–Trinajstić information content (AvgIpc) is 3.59. The maximum atomic E-state index is 4.62. The predicted octanol–water partition coefficient (Wildman–Crippen LogP) is 4.17. The van der Waals surface area contributed by atoms with Gasteiger partial charge in [0.1, 0.15) is 5.69 Å². The second kappa shape index (κ2) is 8.20. The minimum absolute atomic E-state index is 0.734. The molecule has 0 bridgehead atoms. The van der Waals surface area contributed by atoms with E-state index in [1.165, 1.54) is 0 Å². The van der Waals surface area contributed by atoms with Gasteiger partial charge < -0.3 is 14.9 Å². The Labute approximate surface area is 195 Å². The molecular weight excluding hydrogens is 426 g/mol. The molecule has 0 fully saturated rings. The number of hydrogen-bond donors (Lipinski definition) is 3. The number of fused-ring (bicyclic) bond motifs is 2. The Morgan fingerprint density at radius 3 is 2.68 bits per heavy atom. The first kappa shape index (κ1) is 20.3. The van der Waals surface area contributed by atoms with Crippen molar-refractivity contribution in [1.82, 2.24) is 45.0 Å². The molecule has 0 aliphatic heterocycles. The largest absolute Gasteiger partial charge is 0.352 e. The van der Waals surface area contributed by atoms with Gasteiger partial charge in [-0.25, -0.2) is 9.97 Å². The van der Waals surface area contributed by atoms with Gasteiger partial charge in [-0.3, -0.25) is 15.1 Å². The van der Waals surface area contributed by atoms with Crippen LogP contribution in [-0.4, -0.2) is 46.2 Å². The number of rotatable bonds is 6. The minimum atomic E-state index is 0.734. The Morgan fingerprint density at radius 2 is 1.82 bits per heavy atom. The summed E-state index contributed by atoms with van der Waals surface area (Å²) in [5, 5.41) is 13.0. The van der Waals surface area contributed by atoms with Crippen molar-refractivity contribution in [3.8, 4) is 28.2 Å². The van der Waals surface area contributed by atoms with E-state index in [-0.39, 0.29) is 0 Å². The fraction of sp³-hybridized carbons (Fsp3) is 0.160. The third kappa shape index (κ3) is 3.52. The lowest BCUT2D eigenvalue weighted by atomic mass is 10.1. The van der Waals surface area contributed by atoms with Crippen LogP contribution in [0.4, 0.5) is 0 Å². The molecule has 6 rings (SSSR count). The molecule has 9 nitrogen and oxygen atoms in total. The average molecular weight is 450 g/mol. The van der Waals surface area contributed by atoms with Crippen LogP contribution in [0.25, 0.3) is 50.1 Å². The summed E-state index contributed by atoms with van der Waals surface area (Å²) in [5.74, 6) is 0. The second-order valence-electron chi connectivity index (χ2n) is 8.28. The third-order valence-corrected chi connectivity index (χ3v) is 5.89. The molecule has 6 aromatic rings. The first-order chi connectivity index (χ1) is 16.7. The topological polar surface area (TPSA) is 113 Å². The fourth-order valence-electron chi connectivity index (χ4n) is 4.20. The monoisotopic (exact) mass is 449 g/mol. The van der Waals surface area contributed by atoms with Gasteiger partial charge in [-0.2, -0.15) is 5.10 Å². The molecule has 0 amide bonds. The Kier molecular flexibility index (Phi) is 4.88. The number of H-pyrrole nitrogens is 2. The van der Waals surface area contributed by atoms with Crippen molar-refractivity contribution in [3.05, 3.63) is 73.0 Å². The number of nitrogens with zero attached hydrogens (tertiary/aromatic N) is 6. The standard InChI is InChI=1S/C25H23N9/c1-3-26-7-16-4-17(9-27-8-16)18-5-20-24(32-33-25(20)29-10-18)21-6-19-22(31-21)11-28-12-23(19)34-13-15(2)30-14-34/h4-6,8-14,26,31H,3,7H2,1-2H3,(H,29,32,33). The summed E-state index contributed by atoms with van der Waals surface area (Å²) in [4.78, 5) is 21.3. The highest BCUT2D eigenvalue weighted by Gasteiger charge is 2.15. The molecule has 0 aromatic carbocycles. The van der Waals surface area contributed by atoms with Crippen molar-refractivity contribution in [2.45, 2.75) is 20.4 Å². The van der Waals surface area contributed by atoms with Gasteiger partial charge in [-0.05, 0) is 37.2 Å². The van der Waals surface area contributed by atoms with E-state index in [0.717, 1.165) is 74.5 Å². The number of aromatic nitrogens is 8. The van der Waals surface area contributed by atoms with Crippen LogP contribution in [0.3, 0.4) is 0 Å². The molecule has 34 heavy (non-hydrogen) atoms. The summed E-state index contributed by atoms with van der Waals surface area (Å²) in [6, 6.07) is 6.36. The van der Waals surface area contributed by atoms with E-state index in [1.54, 1.807) is 6.33 Å². The Bertz CT molecular complexity index is 1620. The zero-order valence-electron chi connectivity index (χ0n) is 18.9. The Hall–Kier alpha value is -4.37. The molecule has 0 aliphatic carbocycles. The van der Waals surface area contributed by atoms with E-state index in [0.29, 0.717) is 0 Å². The van der Waals surface area contributed by atoms with Crippen molar-refractivity contribution in [3.63, 3.8) is 0 Å². The maximum Gasteiger partial charge on any atom is 0.155 e. The van der Waals surface area contributed by atoms with Gasteiger partial charge in [-0.15, -0.1) is 0 Å². The SMILES string of the molecule is CCNCc1cncc(-c2cnc3[nH]nc(-c4cc5c(-n6cnc(C)c6)cncc5[nH]4)c3c2)c1. The molecule has 168 valence electrons. The van der Waals surface area contributed by atoms with Gasteiger partial charge in [0.05, 0.1) is 41.3 Å². The summed E-state index contributed by atoms with van der Waals surface area (Å²) >= 11 is 0. The van der Waals surface area contributed by atoms with Gasteiger partial charge in [0, 0.05) is 53.2 Å². The van der Waals surface area contributed by atoms with E-state index in [1.807, 2.05) is 48.7 Å².